The van der Waals surface area contributed by atoms with Crippen molar-refractivity contribution in [3.63, 3.8) is 0 Å². The van der Waals surface area contributed by atoms with Crippen LogP contribution in [0.2, 0.25) is 0 Å². The monoisotopic (exact) mass is 456 g/mol. The number of benzene rings is 1. The number of amides is 2. The number of nitrogens with two attached hydrogens (primary N) is 1. The molecule has 2 amide bonds. The number of rotatable bonds is 7. The van der Waals surface area contributed by atoms with Crippen molar-refractivity contribution in [2.75, 3.05) is 0 Å². The molecule has 1 unspecified atom stereocenters. The molecule has 9 nitrogen and oxygen atoms in total. The van der Waals surface area contributed by atoms with E-state index in [-0.39, 0.29) is 11.3 Å². The topological polar surface area (TPSA) is 137 Å². The van der Waals surface area contributed by atoms with Crippen molar-refractivity contribution in [3.8, 4) is 5.69 Å². The van der Waals surface area contributed by atoms with Crippen molar-refractivity contribution in [2.45, 2.75) is 50.9 Å². The fourth-order valence-electron chi connectivity index (χ4n) is 2.99. The van der Waals surface area contributed by atoms with E-state index >= 15 is 0 Å². The first-order valence-corrected chi connectivity index (χ1v) is 9.40. The number of alkyl carbamates (subject to hydrolysis) is 1. The van der Waals surface area contributed by atoms with Crippen molar-refractivity contribution in [1.29, 1.82) is 0 Å². The standard InChI is InChI=1S/C20H23F3N4O5/c1-19(2,3)32-18(31)26-16(17(24)30)14(10-15(28)29)11-7-12(20(21,22)23)9-13(8-11)27-6-4-5-25-27/h4-9,14,16H,10H2,1-3H3,(H2,24,30)(H,26,31)(H,28,29)/t14-,16?/m0/s1. The highest BCUT2D eigenvalue weighted by Gasteiger charge is 2.36. The van der Waals surface area contributed by atoms with Crippen LogP contribution in [-0.4, -0.2) is 44.5 Å². The van der Waals surface area contributed by atoms with Gasteiger partial charge < -0.3 is 20.9 Å². The van der Waals surface area contributed by atoms with E-state index < -0.39 is 53.7 Å². The highest BCUT2D eigenvalue weighted by molar-refractivity contribution is 5.86. The number of ether oxygens (including phenoxy) is 1. The Hall–Kier alpha value is -3.57. The minimum absolute atomic E-state index is 0.0179. The molecule has 0 spiro atoms. The zero-order valence-electron chi connectivity index (χ0n) is 17.5. The first kappa shape index (κ1) is 24.7. The summed E-state index contributed by atoms with van der Waals surface area (Å²) in [5, 5.41) is 15.4. The van der Waals surface area contributed by atoms with Gasteiger partial charge in [-0.3, -0.25) is 9.59 Å². The highest BCUT2D eigenvalue weighted by Crippen LogP contribution is 2.35. The molecule has 0 radical (unpaired) electrons. The van der Waals surface area contributed by atoms with Crippen molar-refractivity contribution < 1.29 is 37.4 Å². The summed E-state index contributed by atoms with van der Waals surface area (Å²) in [5.74, 6) is -3.97. The molecule has 32 heavy (non-hydrogen) atoms. The fraction of sp³-hybridized carbons (Fsp3) is 0.400. The molecule has 1 aromatic carbocycles. The third-order valence-electron chi connectivity index (χ3n) is 4.24. The van der Waals surface area contributed by atoms with Crippen LogP contribution < -0.4 is 11.1 Å². The number of carboxylic acids is 1. The number of hydrogen-bond donors (Lipinski definition) is 3. The van der Waals surface area contributed by atoms with Gasteiger partial charge in [-0.2, -0.15) is 18.3 Å². The van der Waals surface area contributed by atoms with E-state index in [4.69, 9.17) is 10.5 Å². The predicted molar refractivity (Wildman–Crippen MR) is 106 cm³/mol. The number of carbonyl (C=O) groups excluding carboxylic acids is 2. The first-order chi connectivity index (χ1) is 14.7. The van der Waals surface area contributed by atoms with Crippen LogP contribution in [-0.2, 0) is 20.5 Å². The summed E-state index contributed by atoms with van der Waals surface area (Å²) < 4.78 is 46.9. The molecular weight excluding hydrogens is 433 g/mol. The molecule has 2 aromatic rings. The second-order valence-electron chi connectivity index (χ2n) is 7.99. The molecule has 1 heterocycles. The Morgan fingerprint density at radius 1 is 1.22 bits per heavy atom. The summed E-state index contributed by atoms with van der Waals surface area (Å²) in [6.45, 7) is 4.68. The molecule has 2 rings (SSSR count). The van der Waals surface area contributed by atoms with Crippen LogP contribution >= 0.6 is 0 Å². The van der Waals surface area contributed by atoms with Crippen LogP contribution in [0.3, 0.4) is 0 Å². The Kier molecular flexibility index (Phi) is 7.17. The maximum absolute atomic E-state index is 13.5. The lowest BCUT2D eigenvalue weighted by Crippen LogP contribution is -2.50. The van der Waals surface area contributed by atoms with Gasteiger partial charge in [-0.1, -0.05) is 0 Å². The second-order valence-corrected chi connectivity index (χ2v) is 7.99. The molecule has 12 heteroatoms. The van der Waals surface area contributed by atoms with Gasteiger partial charge in [0, 0.05) is 18.3 Å². The van der Waals surface area contributed by atoms with Gasteiger partial charge in [-0.05, 0) is 50.6 Å². The van der Waals surface area contributed by atoms with Crippen molar-refractivity contribution in [1.82, 2.24) is 15.1 Å². The summed E-state index contributed by atoms with van der Waals surface area (Å²) in [6, 6.07) is 2.63. The van der Waals surface area contributed by atoms with Crippen LogP contribution in [0, 0.1) is 0 Å². The maximum atomic E-state index is 13.5. The molecule has 0 aliphatic carbocycles. The first-order valence-electron chi connectivity index (χ1n) is 9.40. The Morgan fingerprint density at radius 3 is 2.34 bits per heavy atom. The van der Waals surface area contributed by atoms with E-state index in [0.29, 0.717) is 6.07 Å². The SMILES string of the molecule is CC(C)(C)OC(=O)NC(C(N)=O)[C@@H](CC(=O)O)c1cc(-n2cccn2)cc(C(F)(F)F)c1. The number of hydrogen-bond acceptors (Lipinski definition) is 5. The summed E-state index contributed by atoms with van der Waals surface area (Å²) >= 11 is 0. The molecule has 0 bridgehead atoms. The number of primary amides is 1. The average Bonchev–Trinajstić information content (AvgIpc) is 3.16. The number of carbonyl (C=O) groups is 3. The number of aliphatic carboxylic acids is 1. The van der Waals surface area contributed by atoms with E-state index in [1.54, 1.807) is 20.8 Å². The number of halogens is 3. The van der Waals surface area contributed by atoms with Crippen molar-refractivity contribution >= 4 is 18.0 Å². The van der Waals surface area contributed by atoms with Gasteiger partial charge in [0.2, 0.25) is 5.91 Å². The van der Waals surface area contributed by atoms with E-state index in [1.807, 2.05) is 0 Å². The van der Waals surface area contributed by atoms with Crippen molar-refractivity contribution in [2.24, 2.45) is 5.73 Å². The van der Waals surface area contributed by atoms with Gasteiger partial charge in [-0.25, -0.2) is 9.48 Å². The van der Waals surface area contributed by atoms with Crippen molar-refractivity contribution in [3.05, 3.63) is 47.8 Å². The fourth-order valence-corrected chi connectivity index (χ4v) is 2.99. The summed E-state index contributed by atoms with van der Waals surface area (Å²) in [7, 11) is 0. The molecule has 174 valence electrons. The molecule has 2 atom stereocenters. The van der Waals surface area contributed by atoms with Gasteiger partial charge in [0.05, 0.1) is 17.7 Å². The third kappa shape index (κ3) is 6.72. The number of alkyl halides is 3. The van der Waals surface area contributed by atoms with Crippen LogP contribution in [0.15, 0.2) is 36.7 Å². The van der Waals surface area contributed by atoms with Crippen LogP contribution in [0.1, 0.15) is 44.2 Å². The summed E-state index contributed by atoms with van der Waals surface area (Å²) in [4.78, 5) is 35.8. The highest BCUT2D eigenvalue weighted by atomic mass is 19.4. The quantitative estimate of drug-likeness (QED) is 0.586. The lowest BCUT2D eigenvalue weighted by atomic mass is 9.86. The molecule has 0 saturated heterocycles. The number of aromatic nitrogens is 2. The lowest BCUT2D eigenvalue weighted by Gasteiger charge is -2.28. The Balaban J connectivity index is 2.59. The van der Waals surface area contributed by atoms with Gasteiger partial charge in [0.1, 0.15) is 11.6 Å². The van der Waals surface area contributed by atoms with Crippen LogP contribution in [0.25, 0.3) is 5.69 Å². The average molecular weight is 456 g/mol. The zero-order valence-corrected chi connectivity index (χ0v) is 17.5. The third-order valence-corrected chi connectivity index (χ3v) is 4.24. The Morgan fingerprint density at radius 2 is 1.88 bits per heavy atom. The van der Waals surface area contributed by atoms with E-state index in [1.165, 1.54) is 24.5 Å². The predicted octanol–water partition coefficient (Wildman–Crippen LogP) is 2.83. The minimum Gasteiger partial charge on any atom is -0.481 e. The molecule has 1 aromatic heterocycles. The van der Waals surface area contributed by atoms with Crippen LogP contribution in [0.5, 0.6) is 0 Å². The van der Waals surface area contributed by atoms with Gasteiger partial charge in [-0.15, -0.1) is 0 Å². The van der Waals surface area contributed by atoms with Gasteiger partial charge in [0.25, 0.3) is 0 Å². The number of nitrogens with zero attached hydrogens (tertiary/aromatic N) is 2. The molecular formula is C20H23F3N4O5. The maximum Gasteiger partial charge on any atom is 0.416 e. The largest absolute Gasteiger partial charge is 0.481 e. The summed E-state index contributed by atoms with van der Waals surface area (Å²) in [5.41, 5.74) is 3.15. The smallest absolute Gasteiger partial charge is 0.416 e. The van der Waals surface area contributed by atoms with Gasteiger partial charge >= 0.3 is 18.2 Å². The van der Waals surface area contributed by atoms with Gasteiger partial charge in [0.15, 0.2) is 0 Å². The minimum atomic E-state index is -4.77. The molecule has 0 aliphatic heterocycles. The Labute approximate surface area is 181 Å². The van der Waals surface area contributed by atoms with E-state index in [0.717, 1.165) is 10.7 Å². The second kappa shape index (κ2) is 9.28. The zero-order chi connectivity index (χ0) is 24.3. The van der Waals surface area contributed by atoms with E-state index in [2.05, 4.69) is 10.4 Å². The number of nitrogens with one attached hydrogen (secondary N) is 1. The molecule has 4 N–H and O–H groups in total. The number of carboxylic acid groups (broad SMARTS) is 1. The lowest BCUT2D eigenvalue weighted by molar-refractivity contribution is -0.138. The molecule has 0 fully saturated rings. The molecule has 0 saturated carbocycles. The summed E-state index contributed by atoms with van der Waals surface area (Å²) in [6.07, 6.45) is -3.88. The Bertz CT molecular complexity index is 984. The normalized spacial score (nSPS) is 13.8. The van der Waals surface area contributed by atoms with E-state index in [9.17, 15) is 32.7 Å². The molecule has 0 aliphatic rings. The van der Waals surface area contributed by atoms with Crippen LogP contribution in [0.4, 0.5) is 18.0 Å².